The van der Waals surface area contributed by atoms with Crippen LogP contribution in [0.25, 0.3) is 0 Å². The molecule has 70 valence electrons. The quantitative estimate of drug-likeness (QED) is 0.599. The van der Waals surface area contributed by atoms with Crippen LogP contribution in [0.3, 0.4) is 0 Å². The van der Waals surface area contributed by atoms with Gasteiger partial charge in [-0.1, -0.05) is 0 Å². The van der Waals surface area contributed by atoms with Crippen molar-refractivity contribution in [1.29, 1.82) is 0 Å². The average Bonchev–Trinajstić information content (AvgIpc) is 2.18. The summed E-state index contributed by atoms with van der Waals surface area (Å²) in [6, 6.07) is 2.98. The Kier molecular flexibility index (Phi) is 3.14. The van der Waals surface area contributed by atoms with E-state index in [4.69, 9.17) is 16.3 Å². The number of benzene rings is 1. The van der Waals surface area contributed by atoms with Crippen molar-refractivity contribution < 1.29 is 14.6 Å². The van der Waals surface area contributed by atoms with Gasteiger partial charge in [-0.3, -0.25) is 4.79 Å². The van der Waals surface area contributed by atoms with Gasteiger partial charge in [0.2, 0.25) is 0 Å². The van der Waals surface area contributed by atoms with Crippen molar-refractivity contribution >= 4 is 17.9 Å². The zero-order chi connectivity index (χ0) is 9.84. The van der Waals surface area contributed by atoms with Gasteiger partial charge in [0, 0.05) is 11.1 Å². The molecule has 0 aromatic heterocycles. The first-order valence-corrected chi connectivity index (χ1v) is 4.17. The van der Waals surface area contributed by atoms with E-state index in [-0.39, 0.29) is 17.4 Å². The SMILES string of the molecule is COc1cc(C=O)cc(CCl)c1O. The zero-order valence-electron chi connectivity index (χ0n) is 7.08. The Morgan fingerprint density at radius 2 is 2.31 bits per heavy atom. The molecule has 0 atom stereocenters. The number of carbonyl (C=O) groups excluding carboxylic acids is 1. The van der Waals surface area contributed by atoms with Crippen molar-refractivity contribution in [2.24, 2.45) is 0 Å². The van der Waals surface area contributed by atoms with Crippen LogP contribution in [0, 0.1) is 0 Å². The first-order valence-electron chi connectivity index (χ1n) is 3.64. The predicted molar refractivity (Wildman–Crippen MR) is 49.6 cm³/mol. The number of ether oxygens (including phenoxy) is 1. The molecule has 0 unspecified atom stereocenters. The molecule has 1 aromatic carbocycles. The standard InChI is InChI=1S/C9H9ClO3/c1-13-8-3-6(5-11)2-7(4-10)9(8)12/h2-3,5,12H,4H2,1H3. The van der Waals surface area contributed by atoms with Crippen LogP contribution in [-0.4, -0.2) is 18.5 Å². The predicted octanol–water partition coefficient (Wildman–Crippen LogP) is 1.95. The van der Waals surface area contributed by atoms with Crippen molar-refractivity contribution in [2.75, 3.05) is 7.11 Å². The molecule has 1 rings (SSSR count). The van der Waals surface area contributed by atoms with Crippen LogP contribution in [0.1, 0.15) is 15.9 Å². The normalized spacial score (nSPS) is 9.69. The number of aromatic hydroxyl groups is 1. The first-order chi connectivity index (χ1) is 6.22. The fourth-order valence-corrected chi connectivity index (χ4v) is 1.22. The number of carbonyl (C=O) groups is 1. The second-order valence-electron chi connectivity index (χ2n) is 2.48. The number of phenolic OH excluding ortho intramolecular Hbond substituents is 1. The van der Waals surface area contributed by atoms with Gasteiger partial charge >= 0.3 is 0 Å². The van der Waals surface area contributed by atoms with Gasteiger partial charge in [0.25, 0.3) is 0 Å². The van der Waals surface area contributed by atoms with E-state index < -0.39 is 0 Å². The number of halogens is 1. The number of rotatable bonds is 3. The molecule has 0 saturated carbocycles. The first kappa shape index (κ1) is 9.86. The number of methoxy groups -OCH3 is 1. The van der Waals surface area contributed by atoms with E-state index in [9.17, 15) is 9.90 Å². The molecule has 3 nitrogen and oxygen atoms in total. The van der Waals surface area contributed by atoms with E-state index in [0.29, 0.717) is 17.4 Å². The molecule has 0 radical (unpaired) electrons. The summed E-state index contributed by atoms with van der Waals surface area (Å²) in [6.07, 6.45) is 0.679. The largest absolute Gasteiger partial charge is 0.504 e. The Balaban J connectivity index is 3.28. The molecule has 1 N–H and O–H groups in total. The minimum Gasteiger partial charge on any atom is -0.504 e. The lowest BCUT2D eigenvalue weighted by molar-refractivity contribution is 0.112. The van der Waals surface area contributed by atoms with E-state index in [2.05, 4.69) is 0 Å². The van der Waals surface area contributed by atoms with Gasteiger partial charge in [-0.25, -0.2) is 0 Å². The minimum absolute atomic E-state index is 0.0110. The van der Waals surface area contributed by atoms with Crippen LogP contribution in [0.15, 0.2) is 12.1 Å². The Hall–Kier alpha value is -1.22. The minimum atomic E-state index is -0.0110. The van der Waals surface area contributed by atoms with Gasteiger partial charge in [-0.2, -0.15) is 0 Å². The maximum absolute atomic E-state index is 10.5. The molecule has 0 amide bonds. The third-order valence-corrected chi connectivity index (χ3v) is 1.96. The summed E-state index contributed by atoms with van der Waals surface area (Å²) in [5.41, 5.74) is 0.924. The Bertz CT molecular complexity index is 298. The molecule has 1 aromatic rings. The van der Waals surface area contributed by atoms with Crippen molar-refractivity contribution in [1.82, 2.24) is 0 Å². The lowest BCUT2D eigenvalue weighted by Gasteiger charge is -2.07. The van der Waals surface area contributed by atoms with Crippen LogP contribution in [0.2, 0.25) is 0 Å². The maximum Gasteiger partial charge on any atom is 0.162 e. The van der Waals surface area contributed by atoms with Gasteiger partial charge in [0.1, 0.15) is 6.29 Å². The third kappa shape index (κ3) is 1.92. The van der Waals surface area contributed by atoms with Gasteiger partial charge in [-0.15, -0.1) is 11.6 Å². The van der Waals surface area contributed by atoms with Crippen molar-refractivity contribution in [3.8, 4) is 11.5 Å². The Morgan fingerprint density at radius 1 is 1.62 bits per heavy atom. The van der Waals surface area contributed by atoms with E-state index in [0.717, 1.165) is 0 Å². The zero-order valence-corrected chi connectivity index (χ0v) is 7.84. The van der Waals surface area contributed by atoms with E-state index >= 15 is 0 Å². The molecular weight excluding hydrogens is 192 g/mol. The highest BCUT2D eigenvalue weighted by molar-refractivity contribution is 6.17. The molecular formula is C9H9ClO3. The second-order valence-corrected chi connectivity index (χ2v) is 2.75. The molecule has 0 bridgehead atoms. The van der Waals surface area contributed by atoms with Crippen LogP contribution in [-0.2, 0) is 5.88 Å². The van der Waals surface area contributed by atoms with Gasteiger partial charge < -0.3 is 9.84 Å². The summed E-state index contributed by atoms with van der Waals surface area (Å²) < 4.78 is 4.86. The van der Waals surface area contributed by atoms with E-state index in [1.54, 1.807) is 0 Å². The third-order valence-electron chi connectivity index (χ3n) is 1.68. The van der Waals surface area contributed by atoms with E-state index in [1.165, 1.54) is 19.2 Å². The smallest absolute Gasteiger partial charge is 0.162 e. The lowest BCUT2D eigenvalue weighted by Crippen LogP contribution is -1.91. The monoisotopic (exact) mass is 200 g/mol. The number of alkyl halides is 1. The highest BCUT2D eigenvalue weighted by Crippen LogP contribution is 2.31. The van der Waals surface area contributed by atoms with Gasteiger partial charge in [0.05, 0.1) is 13.0 Å². The van der Waals surface area contributed by atoms with Crippen molar-refractivity contribution in [3.05, 3.63) is 23.3 Å². The topological polar surface area (TPSA) is 46.5 Å². The summed E-state index contributed by atoms with van der Waals surface area (Å²) >= 11 is 5.56. The van der Waals surface area contributed by atoms with Gasteiger partial charge in [0.15, 0.2) is 11.5 Å². The van der Waals surface area contributed by atoms with Crippen molar-refractivity contribution in [2.45, 2.75) is 5.88 Å². The van der Waals surface area contributed by atoms with E-state index in [1.807, 2.05) is 0 Å². The molecule has 0 heterocycles. The Labute approximate surface area is 80.9 Å². The molecule has 0 aliphatic rings. The van der Waals surface area contributed by atoms with Crippen LogP contribution in [0.4, 0.5) is 0 Å². The summed E-state index contributed by atoms with van der Waals surface area (Å²) in [7, 11) is 1.42. The number of phenols is 1. The number of hydrogen-bond donors (Lipinski definition) is 1. The molecule has 0 saturated heterocycles. The number of hydrogen-bond acceptors (Lipinski definition) is 3. The summed E-state index contributed by atoms with van der Waals surface area (Å²) in [6.45, 7) is 0. The highest BCUT2D eigenvalue weighted by atomic mass is 35.5. The molecule has 4 heteroatoms. The van der Waals surface area contributed by atoms with Gasteiger partial charge in [-0.05, 0) is 12.1 Å². The summed E-state index contributed by atoms with van der Waals surface area (Å²) in [5, 5.41) is 9.48. The molecule has 0 aliphatic carbocycles. The maximum atomic E-state index is 10.5. The second kappa shape index (κ2) is 4.14. The number of aldehydes is 1. The fraction of sp³-hybridized carbons (Fsp3) is 0.222. The molecule has 0 aliphatic heterocycles. The van der Waals surface area contributed by atoms with Crippen LogP contribution in [0.5, 0.6) is 11.5 Å². The summed E-state index contributed by atoms with van der Waals surface area (Å²) in [4.78, 5) is 10.5. The molecule has 0 fully saturated rings. The highest BCUT2D eigenvalue weighted by Gasteiger charge is 2.08. The average molecular weight is 201 g/mol. The molecule has 0 spiro atoms. The van der Waals surface area contributed by atoms with Crippen molar-refractivity contribution in [3.63, 3.8) is 0 Å². The van der Waals surface area contributed by atoms with Crippen LogP contribution < -0.4 is 4.74 Å². The van der Waals surface area contributed by atoms with Crippen LogP contribution >= 0.6 is 11.6 Å². The lowest BCUT2D eigenvalue weighted by atomic mass is 10.1. The Morgan fingerprint density at radius 3 is 2.77 bits per heavy atom. The fourth-order valence-electron chi connectivity index (χ4n) is 1.01. The summed E-state index contributed by atoms with van der Waals surface area (Å²) in [5.74, 6) is 0.396. The molecule has 13 heavy (non-hydrogen) atoms.